The summed E-state index contributed by atoms with van der Waals surface area (Å²) in [6.07, 6.45) is 2.97. The summed E-state index contributed by atoms with van der Waals surface area (Å²) in [4.78, 5) is 11.3. The zero-order chi connectivity index (χ0) is 13.7. The predicted octanol–water partition coefficient (Wildman–Crippen LogP) is 2.36. The molecule has 2 rings (SSSR count). The molecule has 3 nitrogen and oxygen atoms in total. The van der Waals surface area contributed by atoms with Gasteiger partial charge >= 0.3 is 0 Å². The Morgan fingerprint density at radius 3 is 2.58 bits per heavy atom. The van der Waals surface area contributed by atoms with Crippen LogP contribution in [0.25, 0.3) is 0 Å². The third kappa shape index (κ3) is 4.06. The van der Waals surface area contributed by atoms with Gasteiger partial charge in [0.05, 0.1) is 0 Å². The number of amides is 1. The Balaban J connectivity index is 1.64. The van der Waals surface area contributed by atoms with Crippen molar-refractivity contribution in [2.24, 2.45) is 0 Å². The number of nitrogens with one attached hydrogen (secondary N) is 2. The zero-order valence-corrected chi connectivity index (χ0v) is 11.9. The van der Waals surface area contributed by atoms with E-state index in [-0.39, 0.29) is 5.91 Å². The standard InChI is InChI=1S/C16H24N2O/c1-3-17-16(19)8-9-18-15-10-14(11-15)13-6-4-12(2)5-7-13/h4-7,14-15,18H,3,8-11H2,1-2H3,(H,17,19). The van der Waals surface area contributed by atoms with E-state index in [0.29, 0.717) is 18.4 Å². The highest BCUT2D eigenvalue weighted by Gasteiger charge is 2.29. The molecular weight excluding hydrogens is 236 g/mol. The van der Waals surface area contributed by atoms with Gasteiger partial charge in [0.1, 0.15) is 0 Å². The van der Waals surface area contributed by atoms with Crippen molar-refractivity contribution in [3.05, 3.63) is 35.4 Å². The average Bonchev–Trinajstić information content (AvgIpc) is 2.34. The van der Waals surface area contributed by atoms with Gasteiger partial charge < -0.3 is 10.6 Å². The number of aryl methyl sites for hydroxylation is 1. The van der Waals surface area contributed by atoms with E-state index < -0.39 is 0 Å². The third-order valence-corrected chi connectivity index (χ3v) is 3.85. The first-order chi connectivity index (χ1) is 9.19. The van der Waals surface area contributed by atoms with Gasteiger partial charge in [0, 0.05) is 25.6 Å². The second kappa shape index (κ2) is 6.71. The minimum absolute atomic E-state index is 0.143. The second-order valence-corrected chi connectivity index (χ2v) is 5.43. The van der Waals surface area contributed by atoms with Gasteiger partial charge in [-0.1, -0.05) is 29.8 Å². The van der Waals surface area contributed by atoms with Crippen molar-refractivity contribution in [3.8, 4) is 0 Å². The molecule has 3 heteroatoms. The minimum atomic E-state index is 0.143. The van der Waals surface area contributed by atoms with Crippen LogP contribution in [0.4, 0.5) is 0 Å². The molecule has 0 aromatic heterocycles. The van der Waals surface area contributed by atoms with Gasteiger partial charge in [-0.15, -0.1) is 0 Å². The van der Waals surface area contributed by atoms with Gasteiger partial charge in [-0.2, -0.15) is 0 Å². The van der Waals surface area contributed by atoms with Crippen molar-refractivity contribution < 1.29 is 4.79 Å². The van der Waals surface area contributed by atoms with Crippen LogP contribution >= 0.6 is 0 Å². The molecule has 0 saturated heterocycles. The Morgan fingerprint density at radius 2 is 1.95 bits per heavy atom. The summed E-state index contributed by atoms with van der Waals surface area (Å²) in [6.45, 7) is 5.58. The highest BCUT2D eigenvalue weighted by Crippen LogP contribution is 2.36. The van der Waals surface area contributed by atoms with Crippen molar-refractivity contribution in [1.82, 2.24) is 10.6 Å². The van der Waals surface area contributed by atoms with Crippen LogP contribution in [0.2, 0.25) is 0 Å². The fraction of sp³-hybridized carbons (Fsp3) is 0.562. The molecule has 104 valence electrons. The van der Waals surface area contributed by atoms with E-state index in [1.54, 1.807) is 0 Å². The van der Waals surface area contributed by atoms with Gasteiger partial charge in [-0.25, -0.2) is 0 Å². The molecule has 1 saturated carbocycles. The first kappa shape index (κ1) is 14.1. The smallest absolute Gasteiger partial charge is 0.221 e. The molecule has 0 atom stereocenters. The molecule has 1 fully saturated rings. The number of carbonyl (C=O) groups excluding carboxylic acids is 1. The zero-order valence-electron chi connectivity index (χ0n) is 11.9. The average molecular weight is 260 g/mol. The Morgan fingerprint density at radius 1 is 1.26 bits per heavy atom. The Kier molecular flexibility index (Phi) is 4.97. The molecule has 19 heavy (non-hydrogen) atoms. The van der Waals surface area contributed by atoms with Gasteiger partial charge in [0.2, 0.25) is 5.91 Å². The van der Waals surface area contributed by atoms with E-state index in [2.05, 4.69) is 41.8 Å². The molecule has 0 radical (unpaired) electrons. The van der Waals surface area contributed by atoms with Crippen molar-refractivity contribution in [2.45, 2.75) is 45.1 Å². The lowest BCUT2D eigenvalue weighted by molar-refractivity contribution is -0.120. The summed E-state index contributed by atoms with van der Waals surface area (Å²) in [5.41, 5.74) is 2.77. The summed E-state index contributed by atoms with van der Waals surface area (Å²) in [6, 6.07) is 9.44. The van der Waals surface area contributed by atoms with Crippen molar-refractivity contribution in [3.63, 3.8) is 0 Å². The lowest BCUT2D eigenvalue weighted by Crippen LogP contribution is -2.41. The molecule has 2 N–H and O–H groups in total. The summed E-state index contributed by atoms with van der Waals surface area (Å²) in [7, 11) is 0. The van der Waals surface area contributed by atoms with Gasteiger partial charge in [0.15, 0.2) is 0 Å². The maximum atomic E-state index is 11.3. The van der Waals surface area contributed by atoms with Gasteiger partial charge in [-0.3, -0.25) is 4.79 Å². The topological polar surface area (TPSA) is 41.1 Å². The minimum Gasteiger partial charge on any atom is -0.356 e. The summed E-state index contributed by atoms with van der Waals surface area (Å²) in [5.74, 6) is 0.840. The van der Waals surface area contributed by atoms with Crippen molar-refractivity contribution >= 4 is 5.91 Å². The van der Waals surface area contributed by atoms with E-state index in [1.165, 1.54) is 24.0 Å². The highest BCUT2D eigenvalue weighted by molar-refractivity contribution is 5.75. The Bertz CT molecular complexity index is 407. The van der Waals surface area contributed by atoms with E-state index in [0.717, 1.165) is 13.1 Å². The van der Waals surface area contributed by atoms with Gasteiger partial charge in [-0.05, 0) is 38.2 Å². The highest BCUT2D eigenvalue weighted by atomic mass is 16.1. The maximum Gasteiger partial charge on any atom is 0.221 e. The van der Waals surface area contributed by atoms with Crippen LogP contribution in [0.1, 0.15) is 43.2 Å². The molecule has 0 spiro atoms. The predicted molar refractivity (Wildman–Crippen MR) is 78.2 cm³/mol. The summed E-state index contributed by atoms with van der Waals surface area (Å²) < 4.78 is 0. The van der Waals surface area contributed by atoms with Crippen LogP contribution in [-0.4, -0.2) is 25.0 Å². The van der Waals surface area contributed by atoms with E-state index >= 15 is 0 Å². The van der Waals surface area contributed by atoms with Crippen LogP contribution in [0.15, 0.2) is 24.3 Å². The SMILES string of the molecule is CCNC(=O)CCNC1CC(c2ccc(C)cc2)C1. The van der Waals surface area contributed by atoms with Crippen LogP contribution in [-0.2, 0) is 4.79 Å². The number of rotatable bonds is 6. The maximum absolute atomic E-state index is 11.3. The second-order valence-electron chi connectivity index (χ2n) is 5.43. The molecule has 0 unspecified atom stereocenters. The Labute approximate surface area is 115 Å². The van der Waals surface area contributed by atoms with E-state index in [1.807, 2.05) is 6.92 Å². The largest absolute Gasteiger partial charge is 0.356 e. The van der Waals surface area contributed by atoms with Gasteiger partial charge in [0.25, 0.3) is 0 Å². The molecule has 0 aliphatic heterocycles. The fourth-order valence-corrected chi connectivity index (χ4v) is 2.57. The molecule has 1 aliphatic rings. The normalized spacial score (nSPS) is 21.8. The third-order valence-electron chi connectivity index (χ3n) is 3.85. The molecular formula is C16H24N2O. The van der Waals surface area contributed by atoms with Crippen LogP contribution in [0, 0.1) is 6.92 Å². The van der Waals surface area contributed by atoms with Crippen molar-refractivity contribution in [1.29, 1.82) is 0 Å². The van der Waals surface area contributed by atoms with Crippen LogP contribution in [0.3, 0.4) is 0 Å². The monoisotopic (exact) mass is 260 g/mol. The number of carbonyl (C=O) groups is 1. The number of hydrogen-bond donors (Lipinski definition) is 2. The first-order valence-electron chi connectivity index (χ1n) is 7.25. The first-order valence-corrected chi connectivity index (χ1v) is 7.25. The summed E-state index contributed by atoms with van der Waals surface area (Å²) in [5, 5.41) is 6.27. The Hall–Kier alpha value is -1.35. The van der Waals surface area contributed by atoms with Crippen LogP contribution in [0.5, 0.6) is 0 Å². The van der Waals surface area contributed by atoms with E-state index in [9.17, 15) is 4.79 Å². The number of hydrogen-bond acceptors (Lipinski definition) is 2. The van der Waals surface area contributed by atoms with Crippen LogP contribution < -0.4 is 10.6 Å². The fourth-order valence-electron chi connectivity index (χ4n) is 2.57. The molecule has 1 aliphatic carbocycles. The van der Waals surface area contributed by atoms with E-state index in [4.69, 9.17) is 0 Å². The molecule has 0 heterocycles. The molecule has 0 bridgehead atoms. The molecule has 1 aromatic carbocycles. The molecule has 1 amide bonds. The number of benzene rings is 1. The quantitative estimate of drug-likeness (QED) is 0.824. The molecule has 1 aromatic rings. The lowest BCUT2D eigenvalue weighted by atomic mass is 9.76. The lowest BCUT2D eigenvalue weighted by Gasteiger charge is -2.36. The summed E-state index contributed by atoms with van der Waals surface area (Å²) >= 11 is 0. The van der Waals surface area contributed by atoms with Crippen molar-refractivity contribution in [2.75, 3.05) is 13.1 Å².